The van der Waals surface area contributed by atoms with Crippen molar-refractivity contribution in [2.75, 3.05) is 11.4 Å². The molecule has 1 aliphatic rings. The monoisotopic (exact) mass is 304 g/mol. The van der Waals surface area contributed by atoms with E-state index in [0.717, 1.165) is 35.2 Å². The van der Waals surface area contributed by atoms with Crippen molar-refractivity contribution >= 4 is 11.6 Å². The second-order valence-corrected chi connectivity index (χ2v) is 6.22. The normalized spacial score (nSPS) is 13.6. The van der Waals surface area contributed by atoms with Crippen LogP contribution in [0.3, 0.4) is 0 Å². The summed E-state index contributed by atoms with van der Waals surface area (Å²) < 4.78 is 0. The summed E-state index contributed by atoms with van der Waals surface area (Å²) in [4.78, 5) is 15.0. The van der Waals surface area contributed by atoms with Crippen molar-refractivity contribution in [1.29, 1.82) is 5.26 Å². The van der Waals surface area contributed by atoms with Gasteiger partial charge in [-0.2, -0.15) is 5.26 Å². The molecule has 0 bridgehead atoms. The fraction of sp³-hybridized carbons (Fsp3) is 0.300. The van der Waals surface area contributed by atoms with Gasteiger partial charge in [0.2, 0.25) is 0 Å². The Hall–Kier alpha value is -2.60. The average molecular weight is 304 g/mol. The summed E-state index contributed by atoms with van der Waals surface area (Å²) in [5, 5.41) is 9.30. The molecule has 0 N–H and O–H groups in total. The number of nitrogens with zero attached hydrogens (tertiary/aromatic N) is 2. The highest BCUT2D eigenvalue weighted by molar-refractivity contribution is 6.08. The third-order valence-corrected chi connectivity index (χ3v) is 4.43. The molecule has 2 aromatic carbocycles. The lowest BCUT2D eigenvalue weighted by Gasteiger charge is -2.31. The van der Waals surface area contributed by atoms with Crippen LogP contribution in [0.1, 0.15) is 53.2 Å². The Balaban J connectivity index is 2.06. The lowest BCUT2D eigenvalue weighted by Crippen LogP contribution is -2.36. The zero-order valence-corrected chi connectivity index (χ0v) is 13.5. The van der Waals surface area contributed by atoms with Gasteiger partial charge in [-0.3, -0.25) is 4.79 Å². The lowest BCUT2D eigenvalue weighted by molar-refractivity contribution is 0.0984. The van der Waals surface area contributed by atoms with Crippen molar-refractivity contribution < 1.29 is 4.79 Å². The van der Waals surface area contributed by atoms with Crippen molar-refractivity contribution in [1.82, 2.24) is 0 Å². The third-order valence-electron chi connectivity index (χ3n) is 4.43. The van der Waals surface area contributed by atoms with E-state index in [1.54, 1.807) is 0 Å². The first-order chi connectivity index (χ1) is 11.1. The fourth-order valence-electron chi connectivity index (χ4n) is 3.28. The molecule has 0 aliphatic carbocycles. The van der Waals surface area contributed by atoms with Crippen LogP contribution in [-0.2, 0) is 6.42 Å². The molecular formula is C20H20N2O. The molecule has 23 heavy (non-hydrogen) atoms. The Bertz CT molecular complexity index is 786. The summed E-state index contributed by atoms with van der Waals surface area (Å²) in [7, 11) is 0. The van der Waals surface area contributed by atoms with E-state index in [-0.39, 0.29) is 5.91 Å². The van der Waals surface area contributed by atoms with Crippen LogP contribution in [0.2, 0.25) is 0 Å². The van der Waals surface area contributed by atoms with Gasteiger partial charge in [0.1, 0.15) is 0 Å². The SMILES string of the molecule is CC(C)c1ccccc1C(=O)N1CCCc2c(C#N)cccc21. The second-order valence-electron chi connectivity index (χ2n) is 6.22. The molecule has 1 heterocycles. The number of hydrogen-bond acceptors (Lipinski definition) is 2. The van der Waals surface area contributed by atoms with Gasteiger partial charge in [-0.1, -0.05) is 38.1 Å². The molecule has 0 saturated heterocycles. The summed E-state index contributed by atoms with van der Waals surface area (Å²) in [6.07, 6.45) is 1.75. The molecule has 0 aromatic heterocycles. The number of carbonyl (C=O) groups is 1. The van der Waals surface area contributed by atoms with Crippen LogP contribution in [0.5, 0.6) is 0 Å². The molecule has 0 radical (unpaired) electrons. The first kappa shape index (κ1) is 15.3. The first-order valence-corrected chi connectivity index (χ1v) is 8.06. The Morgan fingerprint density at radius 2 is 1.96 bits per heavy atom. The maximum atomic E-state index is 13.1. The van der Waals surface area contributed by atoms with Crippen molar-refractivity contribution in [3.63, 3.8) is 0 Å². The predicted molar refractivity (Wildman–Crippen MR) is 91.7 cm³/mol. The van der Waals surface area contributed by atoms with Gasteiger partial charge >= 0.3 is 0 Å². The minimum absolute atomic E-state index is 0.0327. The van der Waals surface area contributed by atoms with Gasteiger partial charge in [0.05, 0.1) is 11.6 Å². The van der Waals surface area contributed by atoms with Crippen molar-refractivity contribution in [3.8, 4) is 6.07 Å². The topological polar surface area (TPSA) is 44.1 Å². The molecule has 0 fully saturated rings. The zero-order valence-electron chi connectivity index (χ0n) is 13.5. The summed E-state index contributed by atoms with van der Waals surface area (Å²) in [6.45, 7) is 4.90. The predicted octanol–water partition coefficient (Wildman–Crippen LogP) is 4.27. The van der Waals surface area contributed by atoms with Gasteiger partial charge in [0.25, 0.3) is 5.91 Å². The molecule has 116 valence electrons. The minimum atomic E-state index is 0.0327. The number of rotatable bonds is 2. The molecule has 2 aromatic rings. The van der Waals surface area contributed by atoms with E-state index in [1.165, 1.54) is 0 Å². The van der Waals surface area contributed by atoms with Gasteiger partial charge in [0.15, 0.2) is 0 Å². The molecular weight excluding hydrogens is 284 g/mol. The van der Waals surface area contributed by atoms with Crippen LogP contribution >= 0.6 is 0 Å². The highest BCUT2D eigenvalue weighted by Crippen LogP contribution is 2.32. The number of fused-ring (bicyclic) bond motifs is 1. The highest BCUT2D eigenvalue weighted by atomic mass is 16.2. The van der Waals surface area contributed by atoms with Crippen LogP contribution in [0.4, 0.5) is 5.69 Å². The molecule has 0 spiro atoms. The summed E-state index contributed by atoms with van der Waals surface area (Å²) >= 11 is 0. The van der Waals surface area contributed by atoms with E-state index < -0.39 is 0 Å². The average Bonchev–Trinajstić information content (AvgIpc) is 2.60. The molecule has 0 unspecified atom stereocenters. The molecule has 3 heteroatoms. The largest absolute Gasteiger partial charge is 0.308 e. The second kappa shape index (κ2) is 6.26. The Kier molecular flexibility index (Phi) is 4.16. The van der Waals surface area contributed by atoms with Gasteiger partial charge in [-0.05, 0) is 48.1 Å². The van der Waals surface area contributed by atoms with E-state index in [1.807, 2.05) is 47.4 Å². The molecule has 3 rings (SSSR count). The van der Waals surface area contributed by atoms with E-state index in [2.05, 4.69) is 19.9 Å². The van der Waals surface area contributed by atoms with E-state index in [4.69, 9.17) is 0 Å². The quantitative estimate of drug-likeness (QED) is 0.831. The van der Waals surface area contributed by atoms with Crippen molar-refractivity contribution in [2.45, 2.75) is 32.6 Å². The number of nitriles is 1. The summed E-state index contributed by atoms with van der Waals surface area (Å²) in [6, 6.07) is 15.7. The fourth-order valence-corrected chi connectivity index (χ4v) is 3.28. The van der Waals surface area contributed by atoms with Gasteiger partial charge < -0.3 is 4.90 Å². The first-order valence-electron chi connectivity index (χ1n) is 8.06. The number of benzene rings is 2. The van der Waals surface area contributed by atoms with Crippen LogP contribution in [0, 0.1) is 11.3 Å². The summed E-state index contributed by atoms with van der Waals surface area (Å²) in [5.41, 5.74) is 4.39. The van der Waals surface area contributed by atoms with E-state index in [0.29, 0.717) is 18.0 Å². The molecule has 3 nitrogen and oxygen atoms in total. The van der Waals surface area contributed by atoms with E-state index >= 15 is 0 Å². The third kappa shape index (κ3) is 2.73. The maximum absolute atomic E-state index is 13.1. The van der Waals surface area contributed by atoms with Crippen LogP contribution < -0.4 is 4.90 Å². The van der Waals surface area contributed by atoms with Crippen LogP contribution in [0.15, 0.2) is 42.5 Å². The maximum Gasteiger partial charge on any atom is 0.258 e. The molecule has 1 amide bonds. The molecule has 1 aliphatic heterocycles. The van der Waals surface area contributed by atoms with Gasteiger partial charge in [-0.15, -0.1) is 0 Å². The lowest BCUT2D eigenvalue weighted by atomic mass is 9.93. The van der Waals surface area contributed by atoms with Crippen molar-refractivity contribution in [3.05, 3.63) is 64.7 Å². The Morgan fingerprint density at radius 3 is 2.70 bits per heavy atom. The Morgan fingerprint density at radius 1 is 1.17 bits per heavy atom. The van der Waals surface area contributed by atoms with E-state index in [9.17, 15) is 10.1 Å². The number of anilines is 1. The molecule has 0 atom stereocenters. The molecule has 0 saturated carbocycles. The Labute approximate surface area is 137 Å². The number of hydrogen-bond donors (Lipinski definition) is 0. The van der Waals surface area contributed by atoms with Crippen LogP contribution in [0.25, 0.3) is 0 Å². The van der Waals surface area contributed by atoms with Gasteiger partial charge in [-0.25, -0.2) is 0 Å². The summed E-state index contributed by atoms with van der Waals surface area (Å²) in [5.74, 6) is 0.329. The van der Waals surface area contributed by atoms with Gasteiger partial charge in [0, 0.05) is 17.8 Å². The highest BCUT2D eigenvalue weighted by Gasteiger charge is 2.26. The number of carbonyl (C=O) groups excluding carboxylic acids is 1. The zero-order chi connectivity index (χ0) is 16.4. The smallest absolute Gasteiger partial charge is 0.258 e. The van der Waals surface area contributed by atoms with Crippen molar-refractivity contribution in [2.24, 2.45) is 0 Å². The van der Waals surface area contributed by atoms with Crippen LogP contribution in [-0.4, -0.2) is 12.5 Å². The standard InChI is InChI=1S/C20H20N2O/c1-14(2)16-8-3-4-9-18(16)20(23)22-12-6-10-17-15(13-21)7-5-11-19(17)22/h3-5,7-9,11,14H,6,10,12H2,1-2H3. The number of amides is 1. The minimum Gasteiger partial charge on any atom is -0.308 e.